The van der Waals surface area contributed by atoms with Crippen LogP contribution in [0.1, 0.15) is 59.6 Å². The van der Waals surface area contributed by atoms with E-state index in [0.717, 1.165) is 42.3 Å². The Kier molecular flexibility index (Phi) is 8.72. The standard InChI is InChI=1S/C34H39N3O7/c1-43-28-15-21(19-39)14-24-30-25(34(42)35-11-13-38)18-27(31(41)33(30)44-32(24)28)37(29(40)16-20-6-2-3-7-20)12-10-23-17-22-8-4-5-9-26(22)36-23/h4-5,8-9,14-15,17-20,27,30-31,33,36,38,41H,2-3,6-7,10-13,16H2,1H3,(H,35,42). The molecule has 232 valence electrons. The number of nitrogens with zero attached hydrogens (tertiary/aromatic N) is 1. The van der Waals surface area contributed by atoms with Crippen LogP contribution in [-0.4, -0.2) is 83.3 Å². The van der Waals surface area contributed by atoms with Gasteiger partial charge in [-0.25, -0.2) is 0 Å². The van der Waals surface area contributed by atoms with Crippen LogP contribution in [0.15, 0.2) is 54.1 Å². The second-order valence-electron chi connectivity index (χ2n) is 12.0. The molecule has 4 atom stereocenters. The zero-order valence-corrected chi connectivity index (χ0v) is 24.8. The van der Waals surface area contributed by atoms with Crippen LogP contribution in [0.25, 0.3) is 10.9 Å². The summed E-state index contributed by atoms with van der Waals surface area (Å²) in [4.78, 5) is 44.5. The number of aromatic nitrogens is 1. The lowest BCUT2D eigenvalue weighted by Crippen LogP contribution is -2.56. The fourth-order valence-electron chi connectivity index (χ4n) is 7.09. The highest BCUT2D eigenvalue weighted by molar-refractivity contribution is 5.96. The van der Waals surface area contributed by atoms with Crippen LogP contribution in [-0.2, 0) is 16.0 Å². The summed E-state index contributed by atoms with van der Waals surface area (Å²) >= 11 is 0. The fraction of sp³-hybridized carbons (Fsp3) is 0.441. The molecule has 0 radical (unpaired) electrons. The summed E-state index contributed by atoms with van der Waals surface area (Å²) in [5.74, 6) is -0.235. The molecule has 2 aliphatic carbocycles. The molecule has 10 nitrogen and oxygen atoms in total. The molecule has 0 bridgehead atoms. The van der Waals surface area contributed by atoms with Crippen molar-refractivity contribution >= 4 is 29.0 Å². The monoisotopic (exact) mass is 601 g/mol. The Hall–Kier alpha value is -4.15. The van der Waals surface area contributed by atoms with Gasteiger partial charge >= 0.3 is 0 Å². The van der Waals surface area contributed by atoms with Crippen molar-refractivity contribution in [3.05, 3.63) is 70.9 Å². The maximum absolute atomic E-state index is 14.0. The number of benzene rings is 2. The lowest BCUT2D eigenvalue weighted by atomic mass is 9.77. The van der Waals surface area contributed by atoms with Gasteiger partial charge in [0.2, 0.25) is 11.8 Å². The van der Waals surface area contributed by atoms with Crippen LogP contribution in [0.3, 0.4) is 0 Å². The molecular weight excluding hydrogens is 562 g/mol. The molecule has 0 spiro atoms. The first-order valence-electron chi connectivity index (χ1n) is 15.4. The molecule has 2 aromatic carbocycles. The summed E-state index contributed by atoms with van der Waals surface area (Å²) in [5, 5.41) is 25.1. The van der Waals surface area contributed by atoms with Crippen molar-refractivity contribution in [1.82, 2.24) is 15.2 Å². The highest BCUT2D eigenvalue weighted by Gasteiger charge is 2.51. The van der Waals surface area contributed by atoms with Crippen molar-refractivity contribution in [2.75, 3.05) is 26.8 Å². The summed E-state index contributed by atoms with van der Waals surface area (Å²) in [6.07, 6.45) is 5.42. The minimum Gasteiger partial charge on any atom is -0.493 e. The van der Waals surface area contributed by atoms with Crippen molar-refractivity contribution in [2.45, 2.75) is 62.7 Å². The van der Waals surface area contributed by atoms with Crippen LogP contribution in [0, 0.1) is 5.92 Å². The topological polar surface area (TPSA) is 141 Å². The van der Waals surface area contributed by atoms with E-state index in [9.17, 15) is 24.6 Å². The smallest absolute Gasteiger partial charge is 0.247 e. The molecule has 10 heteroatoms. The highest BCUT2D eigenvalue weighted by Crippen LogP contribution is 2.51. The predicted molar refractivity (Wildman–Crippen MR) is 164 cm³/mol. The Balaban J connectivity index is 1.38. The van der Waals surface area contributed by atoms with E-state index in [1.54, 1.807) is 23.1 Å². The van der Waals surface area contributed by atoms with Gasteiger partial charge in [-0.15, -0.1) is 0 Å². The van der Waals surface area contributed by atoms with Crippen LogP contribution in [0.4, 0.5) is 0 Å². The van der Waals surface area contributed by atoms with Gasteiger partial charge in [0.1, 0.15) is 18.5 Å². The lowest BCUT2D eigenvalue weighted by molar-refractivity contribution is -0.138. The zero-order chi connectivity index (χ0) is 30.8. The van der Waals surface area contributed by atoms with E-state index < -0.39 is 30.1 Å². The number of carbonyl (C=O) groups is 3. The van der Waals surface area contributed by atoms with Gasteiger partial charge in [-0.3, -0.25) is 14.4 Å². The summed E-state index contributed by atoms with van der Waals surface area (Å²) in [5.41, 5.74) is 3.19. The number of nitrogens with one attached hydrogen (secondary N) is 2. The third kappa shape index (κ3) is 5.71. The second-order valence-corrected chi connectivity index (χ2v) is 12.0. The number of para-hydroxylation sites is 1. The SMILES string of the molecule is COc1cc(C=O)cc2c1OC1C2C(C(=O)NCCO)=CC(N(CCc2cc3ccccc3[nH]2)C(=O)CC2CCCC2)C1O. The molecule has 2 heterocycles. The number of H-pyrrole nitrogens is 1. The number of rotatable bonds is 11. The molecule has 4 N–H and O–H groups in total. The van der Waals surface area contributed by atoms with Gasteiger partial charge in [-0.2, -0.15) is 0 Å². The summed E-state index contributed by atoms with van der Waals surface area (Å²) < 4.78 is 11.8. The molecule has 1 fully saturated rings. The van der Waals surface area contributed by atoms with E-state index in [1.165, 1.54) is 7.11 Å². The first-order valence-corrected chi connectivity index (χ1v) is 15.4. The molecule has 3 aromatic rings. The van der Waals surface area contributed by atoms with E-state index >= 15 is 0 Å². The number of hydrogen-bond donors (Lipinski definition) is 4. The molecule has 0 saturated heterocycles. The van der Waals surface area contributed by atoms with E-state index in [4.69, 9.17) is 9.47 Å². The maximum Gasteiger partial charge on any atom is 0.247 e. The predicted octanol–water partition coefficient (Wildman–Crippen LogP) is 3.26. The average molecular weight is 602 g/mol. The van der Waals surface area contributed by atoms with Crippen molar-refractivity contribution < 1.29 is 34.1 Å². The average Bonchev–Trinajstić information content (AvgIpc) is 3.79. The maximum atomic E-state index is 14.0. The first-order chi connectivity index (χ1) is 21.4. The normalized spacial score (nSPS) is 22.6. The third-order valence-corrected chi connectivity index (χ3v) is 9.24. The van der Waals surface area contributed by atoms with Crippen molar-refractivity contribution in [1.29, 1.82) is 0 Å². The molecular formula is C34H39N3O7. The minimum atomic E-state index is -1.17. The summed E-state index contributed by atoms with van der Waals surface area (Å²) in [7, 11) is 1.47. The van der Waals surface area contributed by atoms with E-state index in [0.29, 0.717) is 59.8 Å². The van der Waals surface area contributed by atoms with Crippen molar-refractivity contribution in [3.8, 4) is 11.5 Å². The number of hydrogen-bond acceptors (Lipinski definition) is 7. The number of aliphatic hydroxyl groups excluding tert-OH is 2. The molecule has 2 amide bonds. The third-order valence-electron chi connectivity index (χ3n) is 9.24. The first kappa shape index (κ1) is 29.9. The van der Waals surface area contributed by atoms with Crippen molar-refractivity contribution in [3.63, 3.8) is 0 Å². The molecule has 1 aromatic heterocycles. The number of amides is 2. The van der Waals surface area contributed by atoms with Crippen LogP contribution in [0.5, 0.6) is 11.5 Å². The number of aldehydes is 1. The lowest BCUT2D eigenvalue weighted by Gasteiger charge is -2.41. The van der Waals surface area contributed by atoms with Gasteiger partial charge in [-0.05, 0) is 54.5 Å². The Morgan fingerprint density at radius 3 is 2.70 bits per heavy atom. The molecule has 44 heavy (non-hydrogen) atoms. The Morgan fingerprint density at radius 1 is 1.18 bits per heavy atom. The quantitative estimate of drug-likeness (QED) is 0.247. The van der Waals surface area contributed by atoms with Crippen molar-refractivity contribution in [2.24, 2.45) is 5.92 Å². The molecule has 1 aliphatic heterocycles. The summed E-state index contributed by atoms with van der Waals surface area (Å²) in [6.45, 7) is 0.119. The van der Waals surface area contributed by atoms with E-state index in [1.807, 2.05) is 24.3 Å². The van der Waals surface area contributed by atoms with Crippen LogP contribution < -0.4 is 14.8 Å². The minimum absolute atomic E-state index is 0.0386. The number of ether oxygens (including phenoxy) is 2. The molecule has 3 aliphatic rings. The fourth-order valence-corrected chi connectivity index (χ4v) is 7.09. The second kappa shape index (κ2) is 12.8. The van der Waals surface area contributed by atoms with Gasteiger partial charge in [0.15, 0.2) is 11.5 Å². The van der Waals surface area contributed by atoms with Crippen LogP contribution >= 0.6 is 0 Å². The number of fused-ring (bicyclic) bond motifs is 4. The van der Waals surface area contributed by atoms with Gasteiger partial charge < -0.3 is 34.9 Å². The zero-order valence-electron chi connectivity index (χ0n) is 24.8. The number of methoxy groups -OCH3 is 1. The number of aromatic amines is 1. The van der Waals surface area contributed by atoms with Crippen LogP contribution in [0.2, 0.25) is 0 Å². The Morgan fingerprint density at radius 2 is 1.98 bits per heavy atom. The number of aliphatic hydroxyl groups is 2. The molecule has 6 rings (SSSR count). The van der Waals surface area contributed by atoms with Gasteiger partial charge in [0.25, 0.3) is 0 Å². The van der Waals surface area contributed by atoms with Gasteiger partial charge in [-0.1, -0.05) is 31.0 Å². The van der Waals surface area contributed by atoms with E-state index in [-0.39, 0.29) is 19.1 Å². The Bertz CT molecular complexity index is 1540. The largest absolute Gasteiger partial charge is 0.493 e. The van der Waals surface area contributed by atoms with Gasteiger partial charge in [0.05, 0.1) is 25.7 Å². The van der Waals surface area contributed by atoms with E-state index in [2.05, 4.69) is 16.4 Å². The number of carbonyl (C=O) groups excluding carboxylic acids is 3. The highest BCUT2D eigenvalue weighted by atomic mass is 16.5. The molecule has 1 saturated carbocycles. The Labute approximate surface area is 256 Å². The van der Waals surface area contributed by atoms with Gasteiger partial charge in [0, 0.05) is 53.8 Å². The summed E-state index contributed by atoms with van der Waals surface area (Å²) in [6, 6.07) is 12.4. The molecule has 4 unspecified atom stereocenters.